The summed E-state index contributed by atoms with van der Waals surface area (Å²) < 4.78 is 25.7. The maximum atomic E-state index is 11.9. The van der Waals surface area contributed by atoms with Crippen LogP contribution in [0, 0.1) is 24.0 Å². The first-order valence-corrected chi connectivity index (χ1v) is 10.4. The molecule has 146 valence electrons. The van der Waals surface area contributed by atoms with Crippen molar-refractivity contribution in [1.29, 1.82) is 0 Å². The van der Waals surface area contributed by atoms with Crippen molar-refractivity contribution >= 4 is 21.2 Å². The zero-order valence-corrected chi connectivity index (χ0v) is 16.5. The molecule has 0 aliphatic carbocycles. The van der Waals surface area contributed by atoms with Crippen molar-refractivity contribution in [3.05, 3.63) is 75.6 Å². The average molecular weight is 400 g/mol. The minimum absolute atomic E-state index is 0.149. The third-order valence-corrected chi connectivity index (χ3v) is 5.41. The first-order chi connectivity index (χ1) is 13.2. The first kappa shape index (κ1) is 19.6. The molecule has 0 saturated carbocycles. The van der Waals surface area contributed by atoms with E-state index in [4.69, 9.17) is 0 Å². The number of hydrogen-bond acceptors (Lipinski definition) is 6. The maximum absolute atomic E-state index is 11.9. The van der Waals surface area contributed by atoms with Gasteiger partial charge in [0.1, 0.15) is 10.6 Å². The number of aryl methyl sites for hydroxylation is 2. The van der Waals surface area contributed by atoms with Crippen LogP contribution >= 0.6 is 0 Å². The first-order valence-electron chi connectivity index (χ1n) is 8.51. The Morgan fingerprint density at radius 1 is 1.14 bits per heavy atom. The van der Waals surface area contributed by atoms with Crippen LogP contribution in [0.3, 0.4) is 0 Å². The number of nitro groups is 1. The zero-order chi connectivity index (χ0) is 20.5. The van der Waals surface area contributed by atoms with E-state index in [-0.39, 0.29) is 17.1 Å². The lowest BCUT2D eigenvalue weighted by Crippen LogP contribution is -2.10. The largest absolute Gasteiger partial charge is 0.375 e. The minimum Gasteiger partial charge on any atom is -0.375 e. The molecule has 0 atom stereocenters. The summed E-state index contributed by atoms with van der Waals surface area (Å²) in [6.45, 7) is 4.12. The smallest absolute Gasteiger partial charge is 0.310 e. The third-order valence-electron chi connectivity index (χ3n) is 4.28. The number of hydrogen-bond donors (Lipinski definition) is 1. The third kappa shape index (κ3) is 3.89. The Balaban J connectivity index is 1.99. The molecule has 8 nitrogen and oxygen atoms in total. The summed E-state index contributed by atoms with van der Waals surface area (Å²) in [7, 11) is -3.73. The molecule has 0 spiro atoms. The van der Waals surface area contributed by atoms with Gasteiger partial charge in [-0.15, -0.1) is 0 Å². The number of benzene rings is 2. The summed E-state index contributed by atoms with van der Waals surface area (Å²) >= 11 is 0. The number of aromatic nitrogens is 2. The molecule has 0 unspecified atom stereocenters. The molecule has 0 aliphatic rings. The minimum atomic E-state index is -3.73. The Labute approximate surface area is 162 Å². The lowest BCUT2D eigenvalue weighted by molar-refractivity contribution is -0.386. The summed E-state index contributed by atoms with van der Waals surface area (Å²) in [4.78, 5) is 10.5. The quantitative estimate of drug-likeness (QED) is 0.502. The molecule has 2 aromatic carbocycles. The Bertz CT molecular complexity index is 1150. The predicted molar refractivity (Wildman–Crippen MR) is 107 cm³/mol. The van der Waals surface area contributed by atoms with Gasteiger partial charge in [0.2, 0.25) is 0 Å². The molecule has 0 fully saturated rings. The molecule has 0 radical (unpaired) electrons. The highest BCUT2D eigenvalue weighted by Gasteiger charge is 2.26. The zero-order valence-electron chi connectivity index (χ0n) is 15.7. The highest BCUT2D eigenvalue weighted by Crippen LogP contribution is 2.32. The molecule has 0 aliphatic heterocycles. The molecule has 3 rings (SSSR count). The second kappa shape index (κ2) is 7.43. The van der Waals surface area contributed by atoms with Crippen molar-refractivity contribution in [2.75, 3.05) is 11.6 Å². The summed E-state index contributed by atoms with van der Waals surface area (Å²) in [5.41, 5.74) is 3.27. The van der Waals surface area contributed by atoms with Gasteiger partial charge in [0.25, 0.3) is 0 Å². The number of sulfone groups is 1. The van der Waals surface area contributed by atoms with E-state index in [1.165, 1.54) is 18.2 Å². The number of nitrogens with one attached hydrogen (secondary N) is 1. The topological polar surface area (TPSA) is 107 Å². The van der Waals surface area contributed by atoms with Gasteiger partial charge in [-0.2, -0.15) is 5.10 Å². The Morgan fingerprint density at radius 2 is 1.86 bits per heavy atom. The van der Waals surface area contributed by atoms with Crippen LogP contribution in [0.25, 0.3) is 5.69 Å². The van der Waals surface area contributed by atoms with Crippen molar-refractivity contribution in [3.8, 4) is 5.69 Å². The van der Waals surface area contributed by atoms with Gasteiger partial charge in [-0.25, -0.2) is 13.1 Å². The van der Waals surface area contributed by atoms with Crippen LogP contribution in [-0.2, 0) is 16.4 Å². The molecule has 9 heteroatoms. The van der Waals surface area contributed by atoms with Crippen LogP contribution in [-0.4, -0.2) is 29.4 Å². The van der Waals surface area contributed by atoms with E-state index < -0.39 is 20.4 Å². The van der Waals surface area contributed by atoms with Gasteiger partial charge in [-0.1, -0.05) is 24.3 Å². The number of anilines is 1. The second-order valence-corrected chi connectivity index (χ2v) is 8.49. The molecule has 0 saturated heterocycles. The summed E-state index contributed by atoms with van der Waals surface area (Å²) in [6.07, 6.45) is 0.956. The van der Waals surface area contributed by atoms with Gasteiger partial charge < -0.3 is 5.32 Å². The molecular weight excluding hydrogens is 380 g/mol. The normalized spacial score (nSPS) is 11.4. The van der Waals surface area contributed by atoms with Gasteiger partial charge in [0, 0.05) is 18.5 Å². The van der Waals surface area contributed by atoms with E-state index in [0.29, 0.717) is 0 Å². The molecule has 0 bridgehead atoms. The van der Waals surface area contributed by atoms with Crippen LogP contribution in [0.5, 0.6) is 0 Å². The van der Waals surface area contributed by atoms with E-state index >= 15 is 0 Å². The van der Waals surface area contributed by atoms with E-state index in [1.807, 2.05) is 48.9 Å². The molecule has 3 aromatic rings. The second-order valence-electron chi connectivity index (χ2n) is 6.50. The fourth-order valence-electron chi connectivity index (χ4n) is 3.08. The SMILES string of the molecule is Cc1cc(C)n(-c2ccccc2CNc2cccc(S(C)(=O)=O)c2[N+](=O)[O-])n1. The lowest BCUT2D eigenvalue weighted by atomic mass is 10.1. The summed E-state index contributed by atoms with van der Waals surface area (Å²) in [6, 6.07) is 13.8. The van der Waals surface area contributed by atoms with Crippen molar-refractivity contribution < 1.29 is 13.3 Å². The van der Waals surface area contributed by atoms with E-state index in [1.54, 1.807) is 0 Å². The number of nitrogens with zero attached hydrogens (tertiary/aromatic N) is 3. The van der Waals surface area contributed by atoms with Crippen LogP contribution in [0.1, 0.15) is 17.0 Å². The Kier molecular flexibility index (Phi) is 5.19. The van der Waals surface area contributed by atoms with Crippen molar-refractivity contribution in [1.82, 2.24) is 9.78 Å². The van der Waals surface area contributed by atoms with Gasteiger partial charge in [-0.05, 0) is 43.7 Å². The molecule has 1 heterocycles. The van der Waals surface area contributed by atoms with Gasteiger partial charge in [0.15, 0.2) is 9.84 Å². The van der Waals surface area contributed by atoms with Crippen molar-refractivity contribution in [2.24, 2.45) is 0 Å². The molecular formula is C19H20N4O4S. The van der Waals surface area contributed by atoms with Gasteiger partial charge in [0.05, 0.1) is 16.3 Å². The maximum Gasteiger partial charge on any atom is 0.310 e. The van der Waals surface area contributed by atoms with E-state index in [0.717, 1.165) is 28.9 Å². The Hall–Kier alpha value is -3.20. The van der Waals surface area contributed by atoms with Gasteiger partial charge >= 0.3 is 5.69 Å². The fourth-order valence-corrected chi connectivity index (χ4v) is 3.94. The van der Waals surface area contributed by atoms with Crippen LogP contribution in [0.15, 0.2) is 53.4 Å². The Morgan fingerprint density at radius 3 is 2.46 bits per heavy atom. The van der Waals surface area contributed by atoms with E-state index in [9.17, 15) is 18.5 Å². The van der Waals surface area contributed by atoms with Crippen LogP contribution in [0.4, 0.5) is 11.4 Å². The highest BCUT2D eigenvalue weighted by molar-refractivity contribution is 7.90. The summed E-state index contributed by atoms with van der Waals surface area (Å²) in [5, 5.41) is 19.0. The van der Waals surface area contributed by atoms with Crippen LogP contribution < -0.4 is 5.32 Å². The van der Waals surface area contributed by atoms with Crippen LogP contribution in [0.2, 0.25) is 0 Å². The number of para-hydroxylation sites is 2. The predicted octanol–water partition coefficient (Wildman–Crippen LogP) is 3.41. The monoisotopic (exact) mass is 400 g/mol. The average Bonchev–Trinajstić information content (AvgIpc) is 2.97. The van der Waals surface area contributed by atoms with E-state index in [2.05, 4.69) is 10.4 Å². The van der Waals surface area contributed by atoms with Gasteiger partial charge in [-0.3, -0.25) is 10.1 Å². The number of nitro benzene ring substituents is 1. The van der Waals surface area contributed by atoms with Crippen molar-refractivity contribution in [2.45, 2.75) is 25.3 Å². The fraction of sp³-hybridized carbons (Fsp3) is 0.211. The van der Waals surface area contributed by atoms with Crippen molar-refractivity contribution in [3.63, 3.8) is 0 Å². The molecule has 1 aromatic heterocycles. The molecule has 1 N–H and O–H groups in total. The number of rotatable bonds is 6. The standard InChI is InChI=1S/C19H20N4O4S/c1-13-11-14(2)22(21-13)17-9-5-4-7-15(17)12-20-16-8-6-10-18(28(3,26)27)19(16)23(24)25/h4-11,20H,12H2,1-3H3. The highest BCUT2D eigenvalue weighted by atomic mass is 32.2. The summed E-state index contributed by atoms with van der Waals surface area (Å²) in [5.74, 6) is 0. The lowest BCUT2D eigenvalue weighted by Gasteiger charge is -2.13. The molecule has 28 heavy (non-hydrogen) atoms. The molecule has 0 amide bonds.